The molecule has 2 rings (SSSR count). The van der Waals surface area contributed by atoms with Crippen LogP contribution in [0.15, 0.2) is 0 Å². The molecule has 1 aromatic rings. The molecular weight excluding hydrogens is 216 g/mol. The van der Waals surface area contributed by atoms with Crippen molar-refractivity contribution >= 4 is 5.78 Å². The molecule has 0 saturated heterocycles. The molecule has 3 nitrogen and oxygen atoms in total. The van der Waals surface area contributed by atoms with Gasteiger partial charge in [0, 0.05) is 23.7 Å². The Balaban J connectivity index is 2.70. The number of rotatable bonds is 2. The molecule has 0 spiro atoms. The van der Waals surface area contributed by atoms with E-state index in [4.69, 9.17) is 5.11 Å². The van der Waals surface area contributed by atoms with E-state index in [2.05, 4.69) is 0 Å². The Hall–Kier alpha value is -1.35. The number of Topliss-reactive ketones (excluding diaryl/α,β-unsaturated/α-hetero) is 1. The van der Waals surface area contributed by atoms with Gasteiger partial charge in [0.1, 0.15) is 5.75 Å². The maximum absolute atomic E-state index is 12.1. The summed E-state index contributed by atoms with van der Waals surface area (Å²) in [6, 6.07) is 0. The molecule has 0 aromatic heterocycles. The number of hydrogen-bond acceptors (Lipinski definition) is 3. The quantitative estimate of drug-likeness (QED) is 0.822. The molecule has 1 aliphatic carbocycles. The van der Waals surface area contributed by atoms with Gasteiger partial charge in [-0.2, -0.15) is 0 Å². The van der Waals surface area contributed by atoms with Crippen LogP contribution in [0.2, 0.25) is 0 Å². The second-order valence-corrected chi connectivity index (χ2v) is 4.87. The minimum atomic E-state index is -0.0432. The van der Waals surface area contributed by atoms with Gasteiger partial charge in [-0.15, -0.1) is 0 Å². The van der Waals surface area contributed by atoms with Crippen molar-refractivity contribution in [1.82, 2.24) is 0 Å². The van der Waals surface area contributed by atoms with Crippen molar-refractivity contribution in [2.24, 2.45) is 5.92 Å². The summed E-state index contributed by atoms with van der Waals surface area (Å²) in [5.41, 5.74) is 4.12. The molecular formula is C14H18O3. The lowest BCUT2D eigenvalue weighted by molar-refractivity contribution is 0.0945. The number of aliphatic hydroxyl groups is 1. The molecule has 0 unspecified atom stereocenters. The molecule has 1 aromatic carbocycles. The first kappa shape index (κ1) is 12.1. The highest BCUT2D eigenvalue weighted by Crippen LogP contribution is 2.39. The van der Waals surface area contributed by atoms with Gasteiger partial charge in [0.15, 0.2) is 5.78 Å². The average Bonchev–Trinajstić information content (AvgIpc) is 2.59. The summed E-state index contributed by atoms with van der Waals surface area (Å²) in [7, 11) is 0. The number of phenolic OH excluding ortho intramolecular Hbond substituents is 1. The lowest BCUT2D eigenvalue weighted by Gasteiger charge is -2.15. The van der Waals surface area contributed by atoms with Gasteiger partial charge in [-0.1, -0.05) is 6.92 Å². The van der Waals surface area contributed by atoms with E-state index in [-0.39, 0.29) is 24.1 Å². The van der Waals surface area contributed by atoms with E-state index in [9.17, 15) is 9.90 Å². The van der Waals surface area contributed by atoms with Gasteiger partial charge in [-0.3, -0.25) is 4.79 Å². The largest absolute Gasteiger partial charge is 0.507 e. The fraction of sp³-hybridized carbons (Fsp3) is 0.500. The first-order valence-corrected chi connectivity index (χ1v) is 5.98. The Bertz CT molecular complexity index is 489. The first-order valence-electron chi connectivity index (χ1n) is 5.98. The standard InChI is InChI=1S/C14H18O3/c1-7-6-11-12(13(7)16)8(2)10(4-5-15)9(3)14(11)17/h7,15,17H,4-6H2,1-3H3/t7-/m0/s1. The Kier molecular flexibility index (Phi) is 2.96. The van der Waals surface area contributed by atoms with E-state index in [0.29, 0.717) is 18.4 Å². The van der Waals surface area contributed by atoms with Crippen LogP contribution in [0, 0.1) is 19.8 Å². The molecule has 17 heavy (non-hydrogen) atoms. The monoisotopic (exact) mass is 234 g/mol. The van der Waals surface area contributed by atoms with Crippen LogP contribution in [-0.4, -0.2) is 22.6 Å². The predicted octanol–water partition coefficient (Wildman–Crippen LogP) is 1.92. The maximum atomic E-state index is 12.1. The molecule has 0 amide bonds. The van der Waals surface area contributed by atoms with Gasteiger partial charge in [0.05, 0.1) is 0 Å². The summed E-state index contributed by atoms with van der Waals surface area (Å²) in [5.74, 6) is 0.317. The highest BCUT2D eigenvalue weighted by Gasteiger charge is 2.33. The third kappa shape index (κ3) is 1.65. The van der Waals surface area contributed by atoms with Crippen LogP contribution < -0.4 is 0 Å². The van der Waals surface area contributed by atoms with E-state index >= 15 is 0 Å². The molecule has 1 aliphatic rings. The molecule has 1 atom stereocenters. The number of carbonyl (C=O) groups excluding carboxylic acids is 1. The minimum absolute atomic E-state index is 0.0314. The molecule has 2 N–H and O–H groups in total. The minimum Gasteiger partial charge on any atom is -0.507 e. The summed E-state index contributed by atoms with van der Waals surface area (Å²) in [5, 5.41) is 19.2. The molecule has 92 valence electrons. The number of fused-ring (bicyclic) bond motifs is 1. The average molecular weight is 234 g/mol. The molecule has 0 fully saturated rings. The molecule has 3 heteroatoms. The topological polar surface area (TPSA) is 57.5 Å². The van der Waals surface area contributed by atoms with E-state index in [1.54, 1.807) is 0 Å². The summed E-state index contributed by atoms with van der Waals surface area (Å²) in [6.07, 6.45) is 1.11. The van der Waals surface area contributed by atoms with Crippen LogP contribution in [0.25, 0.3) is 0 Å². The van der Waals surface area contributed by atoms with Gasteiger partial charge in [0.2, 0.25) is 0 Å². The second-order valence-electron chi connectivity index (χ2n) is 4.87. The Labute approximate surface area is 101 Å². The normalized spacial score (nSPS) is 18.6. The van der Waals surface area contributed by atoms with E-state index < -0.39 is 0 Å². The van der Waals surface area contributed by atoms with E-state index in [1.165, 1.54) is 0 Å². The van der Waals surface area contributed by atoms with E-state index in [0.717, 1.165) is 22.3 Å². The van der Waals surface area contributed by atoms with Gasteiger partial charge < -0.3 is 10.2 Å². The van der Waals surface area contributed by atoms with E-state index in [1.807, 2.05) is 20.8 Å². The number of aliphatic hydroxyl groups excluding tert-OH is 1. The van der Waals surface area contributed by atoms with Crippen molar-refractivity contribution < 1.29 is 15.0 Å². The fourth-order valence-electron chi connectivity index (χ4n) is 2.81. The van der Waals surface area contributed by atoms with Crippen LogP contribution in [-0.2, 0) is 12.8 Å². The van der Waals surface area contributed by atoms with Crippen molar-refractivity contribution in [3.05, 3.63) is 27.8 Å². The highest BCUT2D eigenvalue weighted by molar-refractivity contribution is 6.04. The van der Waals surface area contributed by atoms with Crippen molar-refractivity contribution in [2.45, 2.75) is 33.6 Å². The number of ketones is 1. The summed E-state index contributed by atoms with van der Waals surface area (Å²) >= 11 is 0. The van der Waals surface area contributed by atoms with Crippen molar-refractivity contribution in [1.29, 1.82) is 0 Å². The number of phenols is 1. The maximum Gasteiger partial charge on any atom is 0.166 e. The zero-order valence-electron chi connectivity index (χ0n) is 10.5. The fourth-order valence-corrected chi connectivity index (χ4v) is 2.81. The van der Waals surface area contributed by atoms with Gasteiger partial charge in [-0.25, -0.2) is 0 Å². The van der Waals surface area contributed by atoms with Crippen LogP contribution in [0.1, 0.15) is 39.5 Å². The lowest BCUT2D eigenvalue weighted by atomic mass is 9.91. The van der Waals surface area contributed by atoms with Crippen LogP contribution >= 0.6 is 0 Å². The molecule has 0 radical (unpaired) electrons. The van der Waals surface area contributed by atoms with Crippen molar-refractivity contribution in [3.8, 4) is 5.75 Å². The molecule has 0 heterocycles. The molecule has 0 aliphatic heterocycles. The lowest BCUT2D eigenvalue weighted by Crippen LogP contribution is -2.08. The predicted molar refractivity (Wildman–Crippen MR) is 65.6 cm³/mol. The van der Waals surface area contributed by atoms with Crippen LogP contribution in [0.4, 0.5) is 0 Å². The zero-order chi connectivity index (χ0) is 12.7. The van der Waals surface area contributed by atoms with Crippen LogP contribution in [0.3, 0.4) is 0 Å². The number of benzene rings is 1. The Morgan fingerprint density at radius 3 is 2.53 bits per heavy atom. The van der Waals surface area contributed by atoms with Gasteiger partial charge >= 0.3 is 0 Å². The number of aromatic hydroxyl groups is 1. The molecule has 0 saturated carbocycles. The summed E-state index contributed by atoms with van der Waals surface area (Å²) in [4.78, 5) is 12.1. The summed E-state index contributed by atoms with van der Waals surface area (Å²) < 4.78 is 0. The van der Waals surface area contributed by atoms with Gasteiger partial charge in [0.25, 0.3) is 0 Å². The number of hydrogen-bond donors (Lipinski definition) is 2. The Morgan fingerprint density at radius 2 is 1.94 bits per heavy atom. The zero-order valence-corrected chi connectivity index (χ0v) is 10.5. The SMILES string of the molecule is Cc1c(O)c2c(c(C)c1CCO)C(=O)[C@@H](C)C2. The summed E-state index contributed by atoms with van der Waals surface area (Å²) in [6.45, 7) is 5.68. The molecule has 0 bridgehead atoms. The second kappa shape index (κ2) is 4.15. The third-order valence-corrected chi connectivity index (χ3v) is 3.79. The van der Waals surface area contributed by atoms with Crippen molar-refractivity contribution in [3.63, 3.8) is 0 Å². The van der Waals surface area contributed by atoms with Crippen LogP contribution in [0.5, 0.6) is 5.75 Å². The first-order chi connectivity index (χ1) is 7.99. The van der Waals surface area contributed by atoms with Gasteiger partial charge in [-0.05, 0) is 43.4 Å². The third-order valence-electron chi connectivity index (χ3n) is 3.79. The highest BCUT2D eigenvalue weighted by atomic mass is 16.3. The van der Waals surface area contributed by atoms with Crippen molar-refractivity contribution in [2.75, 3.05) is 6.61 Å². The smallest absolute Gasteiger partial charge is 0.166 e. The Morgan fingerprint density at radius 1 is 1.29 bits per heavy atom. The number of carbonyl (C=O) groups is 1.